The standard InChI is InChI=1S/C60H52B2O4S2/c1-57(2)59(5,65-61(63-57)44-32-30-41(31-33-44)47-24-16-27-51-54-46(40-20-11-8-12-21-40)23-17-29-53(54)68-56(47)51)34-35-60(6)58(3,4)64-62(66-60)45-37-42(39-18-9-7-10-19-39)36-43(38-45)48-25-15-26-50-49-22-13-14-28-52(49)67-55(48)50/h7-33,36-38H,34-35H2,1-6H3. The van der Waals surface area contributed by atoms with Crippen LogP contribution in [0.15, 0.2) is 182 Å². The van der Waals surface area contributed by atoms with Crippen LogP contribution in [0.3, 0.4) is 0 Å². The molecule has 2 aliphatic heterocycles. The van der Waals surface area contributed by atoms with Crippen molar-refractivity contribution < 1.29 is 18.6 Å². The van der Waals surface area contributed by atoms with E-state index < -0.39 is 36.6 Å². The van der Waals surface area contributed by atoms with Crippen molar-refractivity contribution in [1.29, 1.82) is 0 Å². The highest BCUT2D eigenvalue weighted by Crippen LogP contribution is 2.48. The molecule has 334 valence electrons. The number of benzene rings is 8. The largest absolute Gasteiger partial charge is 0.494 e. The second kappa shape index (κ2) is 16.4. The number of rotatable bonds is 9. The molecule has 2 fully saturated rings. The van der Waals surface area contributed by atoms with E-state index in [1.807, 2.05) is 22.7 Å². The fourth-order valence-corrected chi connectivity index (χ4v) is 13.0. The van der Waals surface area contributed by atoms with Gasteiger partial charge in [-0.25, -0.2) is 0 Å². The van der Waals surface area contributed by atoms with Crippen molar-refractivity contribution in [2.24, 2.45) is 0 Å². The molecule has 0 radical (unpaired) electrons. The molecular weight excluding hydrogens is 870 g/mol. The molecular formula is C60H52B2O4S2. The Bertz CT molecular complexity index is 3530. The van der Waals surface area contributed by atoms with Gasteiger partial charge in [-0.3, -0.25) is 0 Å². The summed E-state index contributed by atoms with van der Waals surface area (Å²) in [7, 11) is -1.06. The van der Waals surface area contributed by atoms with Gasteiger partial charge in [0.05, 0.1) is 22.4 Å². The van der Waals surface area contributed by atoms with E-state index in [-0.39, 0.29) is 0 Å². The normalized spacial score (nSPS) is 20.1. The predicted octanol–water partition coefficient (Wildman–Crippen LogP) is 15.1. The Balaban J connectivity index is 0.801. The molecule has 2 unspecified atom stereocenters. The van der Waals surface area contributed by atoms with E-state index in [2.05, 4.69) is 224 Å². The smallest absolute Gasteiger partial charge is 0.399 e. The highest BCUT2D eigenvalue weighted by Gasteiger charge is 2.59. The minimum absolute atomic E-state index is 0.503. The van der Waals surface area contributed by atoms with Crippen LogP contribution >= 0.6 is 22.7 Å². The maximum atomic E-state index is 7.17. The van der Waals surface area contributed by atoms with Crippen LogP contribution in [0.4, 0.5) is 0 Å². The minimum atomic E-state index is -0.621. The molecule has 4 heterocycles. The summed E-state index contributed by atoms with van der Waals surface area (Å²) < 4.78 is 33.2. The van der Waals surface area contributed by atoms with Gasteiger partial charge in [-0.05, 0) is 128 Å². The Morgan fingerprint density at radius 1 is 0.368 bits per heavy atom. The molecule has 2 atom stereocenters. The Kier molecular flexibility index (Phi) is 10.5. The van der Waals surface area contributed by atoms with E-state index in [1.165, 1.54) is 68.2 Å². The number of hydrogen-bond donors (Lipinski definition) is 0. The molecule has 4 nitrogen and oxygen atoms in total. The van der Waals surface area contributed by atoms with Crippen LogP contribution in [0, 0.1) is 0 Å². The average molecular weight is 923 g/mol. The maximum Gasteiger partial charge on any atom is 0.494 e. The molecule has 0 aliphatic carbocycles. The van der Waals surface area contributed by atoms with Gasteiger partial charge in [0.15, 0.2) is 0 Å². The van der Waals surface area contributed by atoms with Gasteiger partial charge in [-0.2, -0.15) is 0 Å². The molecule has 0 spiro atoms. The summed E-state index contributed by atoms with van der Waals surface area (Å²) >= 11 is 3.72. The summed E-state index contributed by atoms with van der Waals surface area (Å²) in [5.41, 5.74) is 9.20. The molecule has 0 saturated carbocycles. The predicted molar refractivity (Wildman–Crippen MR) is 290 cm³/mol. The SMILES string of the molecule is CC1(C)OB(c2ccc(-c3cccc4c3sc3cccc(-c5ccccc5)c34)cc2)OC1(C)CCC1(C)OB(c2cc(-c3ccccc3)cc(-c3cccc4c3sc3ccccc34)c2)OC1(C)C. The molecule has 2 aliphatic rings. The molecule has 8 aromatic carbocycles. The number of fused-ring (bicyclic) bond motifs is 6. The fraction of sp³-hybridized carbons (Fsp3) is 0.200. The zero-order valence-corrected chi connectivity index (χ0v) is 41.0. The van der Waals surface area contributed by atoms with E-state index in [0.717, 1.165) is 27.6 Å². The second-order valence-electron chi connectivity index (χ2n) is 20.1. The van der Waals surface area contributed by atoms with Gasteiger partial charge in [0, 0.05) is 40.3 Å². The lowest BCUT2D eigenvalue weighted by atomic mass is 9.75. The van der Waals surface area contributed by atoms with Gasteiger partial charge in [-0.1, -0.05) is 164 Å². The molecule has 2 saturated heterocycles. The zero-order valence-electron chi connectivity index (χ0n) is 39.3. The van der Waals surface area contributed by atoms with Crippen molar-refractivity contribution in [2.45, 2.75) is 76.8 Å². The minimum Gasteiger partial charge on any atom is -0.399 e. The first kappa shape index (κ1) is 43.5. The average Bonchev–Trinajstić information content (AvgIpc) is 4.08. The van der Waals surface area contributed by atoms with Gasteiger partial charge in [0.1, 0.15) is 0 Å². The van der Waals surface area contributed by atoms with E-state index in [1.54, 1.807) is 0 Å². The van der Waals surface area contributed by atoms with Crippen LogP contribution in [-0.4, -0.2) is 36.6 Å². The summed E-state index contributed by atoms with van der Waals surface area (Å²) in [5.74, 6) is 0. The molecule has 0 bridgehead atoms. The van der Waals surface area contributed by atoms with Crippen molar-refractivity contribution in [3.05, 3.63) is 182 Å². The molecule has 2 aromatic heterocycles. The fourth-order valence-electron chi connectivity index (χ4n) is 10.5. The van der Waals surface area contributed by atoms with Crippen LogP contribution < -0.4 is 10.9 Å². The molecule has 12 rings (SSSR count). The third-order valence-electron chi connectivity index (χ3n) is 15.3. The molecule has 68 heavy (non-hydrogen) atoms. The summed E-state index contributed by atoms with van der Waals surface area (Å²) in [4.78, 5) is 0. The van der Waals surface area contributed by atoms with Gasteiger partial charge in [0.2, 0.25) is 0 Å². The lowest BCUT2D eigenvalue weighted by Gasteiger charge is -2.42. The highest BCUT2D eigenvalue weighted by atomic mass is 32.1. The Hall–Kier alpha value is -5.83. The van der Waals surface area contributed by atoms with E-state index in [0.29, 0.717) is 12.8 Å². The number of hydrogen-bond acceptors (Lipinski definition) is 6. The Labute approximate surface area is 407 Å². The van der Waals surface area contributed by atoms with Crippen LogP contribution in [0.1, 0.15) is 54.4 Å². The van der Waals surface area contributed by atoms with E-state index in [4.69, 9.17) is 18.6 Å². The zero-order chi connectivity index (χ0) is 46.4. The topological polar surface area (TPSA) is 36.9 Å². The van der Waals surface area contributed by atoms with E-state index >= 15 is 0 Å². The first-order valence-electron chi connectivity index (χ1n) is 23.8. The van der Waals surface area contributed by atoms with Gasteiger partial charge < -0.3 is 18.6 Å². The molecule has 10 aromatic rings. The van der Waals surface area contributed by atoms with Gasteiger partial charge >= 0.3 is 14.2 Å². The monoisotopic (exact) mass is 922 g/mol. The van der Waals surface area contributed by atoms with Crippen LogP contribution in [-0.2, 0) is 18.6 Å². The summed E-state index contributed by atoms with van der Waals surface area (Å²) in [6.07, 6.45) is 1.43. The summed E-state index contributed by atoms with van der Waals surface area (Å²) in [6.45, 7) is 13.0. The lowest BCUT2D eigenvalue weighted by Crippen LogP contribution is -2.50. The highest BCUT2D eigenvalue weighted by molar-refractivity contribution is 7.26. The number of thiophene rings is 2. The van der Waals surface area contributed by atoms with Crippen LogP contribution in [0.25, 0.3) is 84.9 Å². The van der Waals surface area contributed by atoms with Crippen molar-refractivity contribution in [2.75, 3.05) is 0 Å². The first-order valence-corrected chi connectivity index (χ1v) is 25.4. The molecule has 8 heteroatoms. The third kappa shape index (κ3) is 7.27. The Morgan fingerprint density at radius 2 is 0.853 bits per heavy atom. The van der Waals surface area contributed by atoms with Gasteiger partial charge in [0.25, 0.3) is 0 Å². The van der Waals surface area contributed by atoms with Gasteiger partial charge in [-0.15, -0.1) is 22.7 Å². The molecule has 0 amide bonds. The maximum absolute atomic E-state index is 7.17. The van der Waals surface area contributed by atoms with Crippen molar-refractivity contribution in [3.8, 4) is 44.5 Å². The van der Waals surface area contributed by atoms with Crippen molar-refractivity contribution >= 4 is 88.2 Å². The lowest BCUT2D eigenvalue weighted by molar-refractivity contribution is -0.0576. The van der Waals surface area contributed by atoms with Crippen molar-refractivity contribution in [3.63, 3.8) is 0 Å². The summed E-state index contributed by atoms with van der Waals surface area (Å²) in [6, 6.07) is 65.7. The summed E-state index contributed by atoms with van der Waals surface area (Å²) in [5, 5.41) is 5.18. The third-order valence-corrected chi connectivity index (χ3v) is 17.7. The van der Waals surface area contributed by atoms with Crippen molar-refractivity contribution in [1.82, 2.24) is 0 Å². The Morgan fingerprint density at radius 3 is 1.54 bits per heavy atom. The van der Waals surface area contributed by atoms with E-state index in [9.17, 15) is 0 Å². The second-order valence-corrected chi connectivity index (χ2v) is 22.2. The molecule has 0 N–H and O–H groups in total. The quantitative estimate of drug-likeness (QED) is 0.135. The van der Waals surface area contributed by atoms with Crippen LogP contribution in [0.2, 0.25) is 0 Å². The first-order chi connectivity index (χ1) is 32.9. The van der Waals surface area contributed by atoms with Crippen LogP contribution in [0.5, 0.6) is 0 Å².